The van der Waals surface area contributed by atoms with Crippen LogP contribution in [0.1, 0.15) is 33.8 Å². The van der Waals surface area contributed by atoms with Crippen LogP contribution in [0.2, 0.25) is 0 Å². The lowest BCUT2D eigenvalue weighted by molar-refractivity contribution is -0.386. The van der Waals surface area contributed by atoms with Gasteiger partial charge in [-0.3, -0.25) is 15.1 Å². The van der Waals surface area contributed by atoms with E-state index in [2.05, 4.69) is 15.5 Å². The van der Waals surface area contributed by atoms with Gasteiger partial charge in [0.1, 0.15) is 5.76 Å². The van der Waals surface area contributed by atoms with Crippen LogP contribution in [0, 0.1) is 37.8 Å². The second-order valence-corrected chi connectivity index (χ2v) is 5.02. The Hall–Kier alpha value is -2.28. The van der Waals surface area contributed by atoms with Crippen molar-refractivity contribution in [3.63, 3.8) is 0 Å². The number of nitro groups is 1. The van der Waals surface area contributed by atoms with Crippen molar-refractivity contribution in [2.45, 2.75) is 40.8 Å². The summed E-state index contributed by atoms with van der Waals surface area (Å²) in [4.78, 5) is 15.0. The van der Waals surface area contributed by atoms with Crippen molar-refractivity contribution in [2.24, 2.45) is 0 Å². The molecular formula is C14H18N4O3. The van der Waals surface area contributed by atoms with Gasteiger partial charge in [0.15, 0.2) is 0 Å². The molecule has 0 aliphatic rings. The summed E-state index contributed by atoms with van der Waals surface area (Å²) in [7, 11) is 0. The molecule has 0 unspecified atom stereocenters. The predicted octanol–water partition coefficient (Wildman–Crippen LogP) is 2.50. The highest BCUT2D eigenvalue weighted by molar-refractivity contribution is 5.47. The van der Waals surface area contributed by atoms with Crippen LogP contribution in [0.25, 0.3) is 0 Å². The van der Waals surface area contributed by atoms with Crippen molar-refractivity contribution < 1.29 is 9.45 Å². The molecule has 0 aliphatic heterocycles. The minimum atomic E-state index is -0.357. The topological polar surface area (TPSA) is 94.1 Å². The third-order valence-electron chi connectivity index (χ3n) is 3.53. The predicted molar refractivity (Wildman–Crippen MR) is 76.9 cm³/mol. The Morgan fingerprint density at radius 3 is 2.57 bits per heavy atom. The van der Waals surface area contributed by atoms with Gasteiger partial charge in [-0.2, -0.15) is 0 Å². The molecule has 2 heterocycles. The Morgan fingerprint density at radius 2 is 2.00 bits per heavy atom. The van der Waals surface area contributed by atoms with Gasteiger partial charge >= 0.3 is 0 Å². The minimum Gasteiger partial charge on any atom is -0.361 e. The zero-order chi connectivity index (χ0) is 15.6. The number of pyridine rings is 1. The summed E-state index contributed by atoms with van der Waals surface area (Å²) in [6.45, 7) is 8.20. The average molecular weight is 290 g/mol. The highest BCUT2D eigenvalue weighted by atomic mass is 16.6. The number of hydrogen-bond donors (Lipinski definition) is 1. The van der Waals surface area contributed by atoms with E-state index < -0.39 is 0 Å². The van der Waals surface area contributed by atoms with Gasteiger partial charge in [-0.05, 0) is 27.7 Å². The molecule has 0 amide bonds. The lowest BCUT2D eigenvalue weighted by Crippen LogP contribution is -2.16. The maximum Gasteiger partial charge on any atom is 0.278 e. The molecule has 0 atom stereocenters. The fourth-order valence-corrected chi connectivity index (χ4v) is 2.28. The van der Waals surface area contributed by atoms with Crippen molar-refractivity contribution in [2.75, 3.05) is 0 Å². The summed E-state index contributed by atoms with van der Waals surface area (Å²) in [5, 5.41) is 18.2. The maximum atomic E-state index is 11.1. The van der Waals surface area contributed by atoms with Crippen LogP contribution in [-0.4, -0.2) is 15.1 Å². The molecule has 0 bridgehead atoms. The first-order chi connectivity index (χ1) is 9.91. The second kappa shape index (κ2) is 6.01. The third kappa shape index (κ3) is 3.08. The van der Waals surface area contributed by atoms with Gasteiger partial charge in [0.05, 0.1) is 16.3 Å². The summed E-state index contributed by atoms with van der Waals surface area (Å²) in [6.07, 6.45) is 1.54. The molecule has 0 saturated carbocycles. The van der Waals surface area contributed by atoms with E-state index in [9.17, 15) is 10.1 Å². The van der Waals surface area contributed by atoms with Crippen LogP contribution in [0.15, 0.2) is 10.7 Å². The molecule has 7 nitrogen and oxygen atoms in total. The van der Waals surface area contributed by atoms with Crippen LogP contribution >= 0.6 is 0 Å². The van der Waals surface area contributed by atoms with Crippen molar-refractivity contribution in [1.29, 1.82) is 0 Å². The molecule has 21 heavy (non-hydrogen) atoms. The summed E-state index contributed by atoms with van der Waals surface area (Å²) >= 11 is 0. The van der Waals surface area contributed by atoms with Gasteiger partial charge in [-0.15, -0.1) is 0 Å². The molecule has 0 aromatic carbocycles. The molecule has 7 heteroatoms. The van der Waals surface area contributed by atoms with Crippen LogP contribution in [-0.2, 0) is 13.1 Å². The molecular weight excluding hydrogens is 272 g/mol. The van der Waals surface area contributed by atoms with Gasteiger partial charge in [0.2, 0.25) is 0 Å². The molecule has 0 aliphatic carbocycles. The number of aryl methyl sites for hydroxylation is 3. The molecule has 112 valence electrons. The van der Waals surface area contributed by atoms with E-state index in [1.54, 1.807) is 13.8 Å². The summed E-state index contributed by atoms with van der Waals surface area (Å²) < 4.78 is 5.09. The molecule has 1 N–H and O–H groups in total. The largest absolute Gasteiger partial charge is 0.361 e. The van der Waals surface area contributed by atoms with Crippen molar-refractivity contribution >= 4 is 5.69 Å². The van der Waals surface area contributed by atoms with E-state index in [1.807, 2.05) is 13.8 Å². The second-order valence-electron chi connectivity index (χ2n) is 5.02. The van der Waals surface area contributed by atoms with E-state index in [0.29, 0.717) is 29.9 Å². The zero-order valence-electron chi connectivity index (χ0n) is 12.6. The number of nitrogens with one attached hydrogen (secondary N) is 1. The SMILES string of the molecule is Cc1cnc(CNCc2c(C)noc2C)c(C)c1[N+](=O)[O-]. The molecule has 0 fully saturated rings. The van der Waals surface area contributed by atoms with Gasteiger partial charge in [-0.25, -0.2) is 0 Å². The smallest absolute Gasteiger partial charge is 0.278 e. The fraction of sp³-hybridized carbons (Fsp3) is 0.429. The Labute approximate surface area is 122 Å². The lowest BCUT2D eigenvalue weighted by atomic mass is 10.1. The average Bonchev–Trinajstić information content (AvgIpc) is 2.72. The first kappa shape index (κ1) is 15.1. The molecule has 2 aromatic rings. The molecule has 0 saturated heterocycles. The first-order valence-corrected chi connectivity index (χ1v) is 6.63. The first-order valence-electron chi connectivity index (χ1n) is 6.63. The maximum absolute atomic E-state index is 11.1. The zero-order valence-corrected chi connectivity index (χ0v) is 12.6. The highest BCUT2D eigenvalue weighted by Gasteiger charge is 2.18. The standard InChI is InChI=1S/C14H18N4O3/c1-8-5-16-13(9(2)14(8)18(19)20)7-15-6-12-10(3)17-21-11(12)4/h5,15H,6-7H2,1-4H3. The Morgan fingerprint density at radius 1 is 1.29 bits per heavy atom. The molecule has 0 radical (unpaired) electrons. The van der Waals surface area contributed by atoms with E-state index in [1.165, 1.54) is 6.20 Å². The van der Waals surface area contributed by atoms with E-state index in [-0.39, 0.29) is 10.6 Å². The lowest BCUT2D eigenvalue weighted by Gasteiger charge is -2.08. The minimum absolute atomic E-state index is 0.138. The Balaban J connectivity index is 2.11. The van der Waals surface area contributed by atoms with Gasteiger partial charge in [-0.1, -0.05) is 5.16 Å². The van der Waals surface area contributed by atoms with E-state index >= 15 is 0 Å². The number of hydrogen-bond acceptors (Lipinski definition) is 6. The summed E-state index contributed by atoms with van der Waals surface area (Å²) in [6, 6.07) is 0. The van der Waals surface area contributed by atoms with E-state index in [0.717, 1.165) is 17.0 Å². The number of aromatic nitrogens is 2. The summed E-state index contributed by atoms with van der Waals surface area (Å²) in [5.74, 6) is 0.777. The van der Waals surface area contributed by atoms with Crippen molar-refractivity contribution in [3.8, 4) is 0 Å². The highest BCUT2D eigenvalue weighted by Crippen LogP contribution is 2.24. The van der Waals surface area contributed by atoms with Crippen LogP contribution in [0.4, 0.5) is 5.69 Å². The number of rotatable bonds is 5. The number of nitrogens with zero attached hydrogens (tertiary/aromatic N) is 3. The van der Waals surface area contributed by atoms with Gasteiger partial charge in [0.25, 0.3) is 5.69 Å². The Kier molecular flexibility index (Phi) is 4.32. The van der Waals surface area contributed by atoms with Crippen LogP contribution in [0.3, 0.4) is 0 Å². The molecule has 2 rings (SSSR count). The normalized spacial score (nSPS) is 10.9. The van der Waals surface area contributed by atoms with Gasteiger partial charge < -0.3 is 9.84 Å². The van der Waals surface area contributed by atoms with Crippen LogP contribution < -0.4 is 5.32 Å². The molecule has 2 aromatic heterocycles. The monoisotopic (exact) mass is 290 g/mol. The third-order valence-corrected chi connectivity index (χ3v) is 3.53. The quantitative estimate of drug-likeness (QED) is 0.671. The van der Waals surface area contributed by atoms with Crippen LogP contribution in [0.5, 0.6) is 0 Å². The van der Waals surface area contributed by atoms with Crippen molar-refractivity contribution in [1.82, 2.24) is 15.5 Å². The molecule has 0 spiro atoms. The fourth-order valence-electron chi connectivity index (χ4n) is 2.28. The summed E-state index contributed by atoms with van der Waals surface area (Å²) in [5.41, 5.74) is 3.85. The van der Waals surface area contributed by atoms with Gasteiger partial charge in [0, 0.05) is 36.0 Å². The van der Waals surface area contributed by atoms with Crippen molar-refractivity contribution in [3.05, 3.63) is 50.1 Å². The van der Waals surface area contributed by atoms with E-state index in [4.69, 9.17) is 4.52 Å². The Bertz CT molecular complexity index is 660.